The number of carbonyl (C=O) groups is 1. The lowest BCUT2D eigenvalue weighted by molar-refractivity contribution is 0.0952. The van der Waals surface area contributed by atoms with Gasteiger partial charge in [0.1, 0.15) is 10.2 Å². The molecular weight excluding hydrogens is 301 g/mol. The van der Waals surface area contributed by atoms with Gasteiger partial charge in [0, 0.05) is 26.3 Å². The molecule has 2 aromatic heterocycles. The first kappa shape index (κ1) is 14.9. The Morgan fingerprint density at radius 2 is 2.20 bits per heavy atom. The van der Waals surface area contributed by atoms with E-state index in [4.69, 9.17) is 23.2 Å². The van der Waals surface area contributed by atoms with Crippen LogP contribution < -0.4 is 5.32 Å². The predicted molar refractivity (Wildman–Crippen MR) is 77.1 cm³/mol. The van der Waals surface area contributed by atoms with Gasteiger partial charge in [-0.25, -0.2) is 0 Å². The number of rotatable bonds is 5. The molecule has 1 amide bonds. The first-order valence-corrected chi connectivity index (χ1v) is 6.90. The van der Waals surface area contributed by atoms with Crippen molar-refractivity contribution in [3.8, 4) is 0 Å². The molecule has 108 valence electrons. The van der Waals surface area contributed by atoms with Crippen LogP contribution >= 0.6 is 23.2 Å². The van der Waals surface area contributed by atoms with Gasteiger partial charge in [0.15, 0.2) is 0 Å². The highest BCUT2D eigenvalue weighted by molar-refractivity contribution is 6.41. The monoisotopic (exact) mass is 315 g/mol. The van der Waals surface area contributed by atoms with Gasteiger partial charge in [0.05, 0.1) is 17.5 Å². The van der Waals surface area contributed by atoms with Crippen LogP contribution in [-0.4, -0.2) is 32.0 Å². The summed E-state index contributed by atoms with van der Waals surface area (Å²) in [5.41, 5.74) is 1.25. The lowest BCUT2D eigenvalue weighted by Crippen LogP contribution is -2.25. The fourth-order valence-electron chi connectivity index (χ4n) is 1.75. The van der Waals surface area contributed by atoms with E-state index < -0.39 is 0 Å². The summed E-state index contributed by atoms with van der Waals surface area (Å²) in [4.78, 5) is 11.8. The van der Waals surface area contributed by atoms with E-state index in [0.29, 0.717) is 40.9 Å². The Morgan fingerprint density at radius 1 is 1.45 bits per heavy atom. The average molecular weight is 316 g/mol. The summed E-state index contributed by atoms with van der Waals surface area (Å²) in [6.45, 7) is 2.93. The summed E-state index contributed by atoms with van der Waals surface area (Å²) in [7, 11) is 1.77. The van der Waals surface area contributed by atoms with Crippen molar-refractivity contribution in [3.63, 3.8) is 0 Å². The maximum absolute atomic E-state index is 11.8. The molecule has 1 N–H and O–H groups in total. The first-order valence-electron chi connectivity index (χ1n) is 6.14. The Kier molecular flexibility index (Phi) is 4.67. The van der Waals surface area contributed by atoms with Gasteiger partial charge in [0.25, 0.3) is 5.91 Å². The Hall–Kier alpha value is -1.53. The number of nitrogens with one attached hydrogen (secondary N) is 1. The van der Waals surface area contributed by atoms with Crippen LogP contribution in [0, 0.1) is 6.92 Å². The number of nitrogens with zero attached hydrogens (tertiary/aromatic N) is 4. The lowest BCUT2D eigenvalue weighted by atomic mass is 10.3. The van der Waals surface area contributed by atoms with Gasteiger partial charge in [-0.1, -0.05) is 23.2 Å². The van der Waals surface area contributed by atoms with Gasteiger partial charge in [-0.15, -0.1) is 0 Å². The average Bonchev–Trinajstić information content (AvgIpc) is 2.95. The molecule has 0 unspecified atom stereocenters. The molecule has 0 aliphatic heterocycles. The summed E-state index contributed by atoms with van der Waals surface area (Å²) in [6, 6.07) is 0. The van der Waals surface area contributed by atoms with E-state index in [0.717, 1.165) is 0 Å². The second-order valence-electron chi connectivity index (χ2n) is 4.43. The van der Waals surface area contributed by atoms with E-state index in [-0.39, 0.29) is 5.91 Å². The van der Waals surface area contributed by atoms with E-state index in [9.17, 15) is 4.79 Å². The minimum Gasteiger partial charge on any atom is -0.352 e. The largest absolute Gasteiger partial charge is 0.352 e. The van der Waals surface area contributed by atoms with E-state index in [1.165, 1.54) is 6.20 Å². The molecule has 0 saturated carbocycles. The molecule has 0 atom stereocenters. The third-order valence-electron chi connectivity index (χ3n) is 2.80. The molecule has 0 aromatic carbocycles. The van der Waals surface area contributed by atoms with E-state index in [2.05, 4.69) is 15.5 Å². The fraction of sp³-hybridized carbons (Fsp3) is 0.417. The molecule has 0 spiro atoms. The summed E-state index contributed by atoms with van der Waals surface area (Å²) in [6.07, 6.45) is 3.91. The molecule has 2 rings (SSSR count). The van der Waals surface area contributed by atoms with Crippen molar-refractivity contribution in [3.05, 3.63) is 33.8 Å². The summed E-state index contributed by atoms with van der Waals surface area (Å²) in [5, 5.41) is 11.9. The molecule has 2 aromatic rings. The number of hydrogen-bond acceptors (Lipinski definition) is 3. The van der Waals surface area contributed by atoms with Gasteiger partial charge in [-0.2, -0.15) is 10.2 Å². The van der Waals surface area contributed by atoms with Crippen molar-refractivity contribution in [2.24, 2.45) is 7.05 Å². The third-order valence-corrected chi connectivity index (χ3v) is 3.73. The van der Waals surface area contributed by atoms with Gasteiger partial charge < -0.3 is 5.32 Å². The molecule has 0 aliphatic rings. The van der Waals surface area contributed by atoms with E-state index in [1.54, 1.807) is 29.5 Å². The smallest absolute Gasteiger partial charge is 0.254 e. The van der Waals surface area contributed by atoms with E-state index >= 15 is 0 Å². The van der Waals surface area contributed by atoms with Crippen LogP contribution in [0.3, 0.4) is 0 Å². The highest BCUT2D eigenvalue weighted by Gasteiger charge is 2.11. The van der Waals surface area contributed by atoms with Crippen LogP contribution in [0.1, 0.15) is 22.5 Å². The third kappa shape index (κ3) is 3.32. The second-order valence-corrected chi connectivity index (χ2v) is 5.16. The number of aryl methyl sites for hydroxylation is 3. The van der Waals surface area contributed by atoms with Crippen molar-refractivity contribution < 1.29 is 4.79 Å². The van der Waals surface area contributed by atoms with Crippen LogP contribution in [0.2, 0.25) is 10.2 Å². The molecule has 0 radical (unpaired) electrons. The molecule has 0 fully saturated rings. The lowest BCUT2D eigenvalue weighted by Gasteiger charge is -2.05. The summed E-state index contributed by atoms with van der Waals surface area (Å²) >= 11 is 12.0. The summed E-state index contributed by atoms with van der Waals surface area (Å²) in [5.74, 6) is -0.140. The fourth-order valence-corrected chi connectivity index (χ4v) is 2.15. The first-order chi connectivity index (χ1) is 9.49. The molecular formula is C12H15Cl2N5O. The van der Waals surface area contributed by atoms with Crippen molar-refractivity contribution in [2.75, 3.05) is 6.54 Å². The van der Waals surface area contributed by atoms with Crippen molar-refractivity contribution in [1.29, 1.82) is 0 Å². The van der Waals surface area contributed by atoms with Gasteiger partial charge in [-0.3, -0.25) is 14.2 Å². The molecule has 0 saturated heterocycles. The van der Waals surface area contributed by atoms with Crippen LogP contribution in [0.15, 0.2) is 12.4 Å². The minimum absolute atomic E-state index is 0.140. The van der Waals surface area contributed by atoms with Gasteiger partial charge in [-0.05, 0) is 13.3 Å². The maximum atomic E-state index is 11.8. The highest BCUT2D eigenvalue weighted by atomic mass is 35.5. The van der Waals surface area contributed by atoms with Gasteiger partial charge >= 0.3 is 0 Å². The molecule has 8 heteroatoms. The van der Waals surface area contributed by atoms with Crippen LogP contribution in [0.25, 0.3) is 0 Å². The molecule has 20 heavy (non-hydrogen) atoms. The normalized spacial score (nSPS) is 10.8. The Balaban J connectivity index is 1.79. The quantitative estimate of drug-likeness (QED) is 0.859. The topological polar surface area (TPSA) is 64.7 Å². The Morgan fingerprint density at radius 3 is 2.75 bits per heavy atom. The number of halogens is 2. The number of carbonyl (C=O) groups excluding carboxylic acids is 1. The Labute approximate surface area is 126 Å². The highest BCUT2D eigenvalue weighted by Crippen LogP contribution is 2.24. The minimum atomic E-state index is -0.140. The zero-order valence-corrected chi connectivity index (χ0v) is 12.7. The van der Waals surface area contributed by atoms with Crippen LogP contribution in [0.5, 0.6) is 0 Å². The molecule has 6 nitrogen and oxygen atoms in total. The maximum Gasteiger partial charge on any atom is 0.254 e. The van der Waals surface area contributed by atoms with Crippen molar-refractivity contribution in [2.45, 2.75) is 19.9 Å². The molecule has 2 heterocycles. The number of aromatic nitrogens is 4. The van der Waals surface area contributed by atoms with Crippen molar-refractivity contribution >= 4 is 29.1 Å². The van der Waals surface area contributed by atoms with Gasteiger partial charge in [0.2, 0.25) is 0 Å². The molecule has 0 bridgehead atoms. The predicted octanol–water partition coefficient (Wildman–Crippen LogP) is 2.05. The van der Waals surface area contributed by atoms with Crippen LogP contribution in [-0.2, 0) is 13.6 Å². The van der Waals surface area contributed by atoms with Crippen molar-refractivity contribution in [1.82, 2.24) is 24.9 Å². The zero-order valence-electron chi connectivity index (χ0n) is 11.2. The standard InChI is InChI=1S/C12H15Cl2N5O/c1-8-10(13)11(14)19(17-8)5-3-4-15-12(20)9-6-16-18(2)7-9/h6-7H,3-5H2,1-2H3,(H,15,20). The zero-order chi connectivity index (χ0) is 14.7. The van der Waals surface area contributed by atoms with Crippen LogP contribution in [0.4, 0.5) is 0 Å². The number of hydrogen-bond donors (Lipinski definition) is 1. The Bertz CT molecular complexity index is 619. The molecule has 0 aliphatic carbocycles. The SMILES string of the molecule is Cc1nn(CCCNC(=O)c2cnn(C)c2)c(Cl)c1Cl. The summed E-state index contributed by atoms with van der Waals surface area (Å²) < 4.78 is 3.22. The number of amides is 1. The van der Waals surface area contributed by atoms with E-state index in [1.807, 2.05) is 0 Å². The second kappa shape index (κ2) is 6.28.